The standard InChI is InChI=1S/C22H33N5O3S2/c1-6-30-19(28)17-15-9-7-8-10-16(15)31-18(17)23-20(29)24-21-25-26-22(32-21)27(11-13(2)3)12-14(4)5/h13-14H,6-12H2,1-5H3,(H2,23,24,25,29). The van der Waals surface area contributed by atoms with Gasteiger partial charge in [0, 0.05) is 18.0 Å². The molecule has 0 spiro atoms. The molecule has 2 N–H and O–H groups in total. The van der Waals surface area contributed by atoms with Crippen molar-refractivity contribution in [2.45, 2.75) is 60.3 Å². The van der Waals surface area contributed by atoms with Crippen molar-refractivity contribution in [3.8, 4) is 0 Å². The highest BCUT2D eigenvalue weighted by atomic mass is 32.1. The van der Waals surface area contributed by atoms with Gasteiger partial charge >= 0.3 is 12.0 Å². The minimum Gasteiger partial charge on any atom is -0.462 e. The maximum atomic E-state index is 12.7. The molecule has 32 heavy (non-hydrogen) atoms. The number of thiophene rings is 1. The number of aryl methyl sites for hydroxylation is 1. The van der Waals surface area contributed by atoms with Crippen molar-refractivity contribution in [1.29, 1.82) is 0 Å². The normalized spacial score (nSPS) is 13.2. The van der Waals surface area contributed by atoms with Crippen LogP contribution in [0.3, 0.4) is 0 Å². The Hall–Kier alpha value is -2.20. The van der Waals surface area contributed by atoms with Gasteiger partial charge in [-0.05, 0) is 50.0 Å². The third kappa shape index (κ3) is 6.19. The van der Waals surface area contributed by atoms with E-state index < -0.39 is 6.03 Å². The Kier molecular flexibility index (Phi) is 8.47. The van der Waals surface area contributed by atoms with Crippen LogP contribution in [0.25, 0.3) is 0 Å². The number of esters is 1. The number of ether oxygens (including phenoxy) is 1. The number of nitrogens with zero attached hydrogens (tertiary/aromatic N) is 3. The van der Waals surface area contributed by atoms with Crippen molar-refractivity contribution in [1.82, 2.24) is 10.2 Å². The van der Waals surface area contributed by atoms with Gasteiger partial charge in [0.1, 0.15) is 5.00 Å². The van der Waals surface area contributed by atoms with Gasteiger partial charge in [-0.3, -0.25) is 10.6 Å². The lowest BCUT2D eigenvalue weighted by molar-refractivity contribution is 0.0526. The molecule has 0 radical (unpaired) electrons. The average Bonchev–Trinajstić information content (AvgIpc) is 3.31. The Balaban J connectivity index is 1.72. The molecule has 0 aromatic carbocycles. The topological polar surface area (TPSA) is 96.4 Å². The van der Waals surface area contributed by atoms with Crippen molar-refractivity contribution in [2.24, 2.45) is 11.8 Å². The molecule has 0 unspecified atom stereocenters. The predicted molar refractivity (Wildman–Crippen MR) is 131 cm³/mol. The molecule has 1 aliphatic rings. The predicted octanol–water partition coefficient (Wildman–Crippen LogP) is 5.42. The second-order valence-electron chi connectivity index (χ2n) is 8.80. The van der Waals surface area contributed by atoms with Gasteiger partial charge in [0.25, 0.3) is 0 Å². The Bertz CT molecular complexity index is 928. The van der Waals surface area contributed by atoms with E-state index in [1.807, 2.05) is 0 Å². The summed E-state index contributed by atoms with van der Waals surface area (Å²) in [5.74, 6) is 0.602. The van der Waals surface area contributed by atoms with Crippen LogP contribution in [0.15, 0.2) is 0 Å². The molecule has 2 aromatic heterocycles. The van der Waals surface area contributed by atoms with Crippen LogP contribution in [0.4, 0.5) is 20.1 Å². The first-order chi connectivity index (χ1) is 15.3. The molecule has 0 atom stereocenters. The largest absolute Gasteiger partial charge is 0.462 e. The molecular weight excluding hydrogens is 446 g/mol. The molecule has 2 aromatic rings. The third-order valence-corrected chi connectivity index (χ3v) is 7.06. The molecule has 0 fully saturated rings. The molecule has 0 saturated heterocycles. The van der Waals surface area contributed by atoms with Gasteiger partial charge in [0.05, 0.1) is 12.2 Å². The lowest BCUT2D eigenvalue weighted by atomic mass is 9.95. The van der Waals surface area contributed by atoms with Crippen LogP contribution in [-0.4, -0.2) is 41.9 Å². The van der Waals surface area contributed by atoms with Gasteiger partial charge in [0.2, 0.25) is 10.3 Å². The van der Waals surface area contributed by atoms with E-state index in [0.717, 1.165) is 54.3 Å². The van der Waals surface area contributed by atoms with Gasteiger partial charge in [-0.2, -0.15) is 0 Å². The maximum Gasteiger partial charge on any atom is 0.341 e. The summed E-state index contributed by atoms with van der Waals surface area (Å²) < 4.78 is 5.26. The monoisotopic (exact) mass is 479 g/mol. The number of rotatable bonds is 9. The van der Waals surface area contributed by atoms with Gasteiger partial charge < -0.3 is 9.64 Å². The SMILES string of the molecule is CCOC(=O)c1c(NC(=O)Nc2nnc(N(CC(C)C)CC(C)C)s2)sc2c1CCCC2. The zero-order valence-electron chi connectivity index (χ0n) is 19.5. The number of aromatic nitrogens is 2. The Labute approximate surface area is 197 Å². The van der Waals surface area contributed by atoms with Crippen LogP contribution in [0.5, 0.6) is 0 Å². The number of urea groups is 1. The summed E-state index contributed by atoms with van der Waals surface area (Å²) in [6.45, 7) is 12.5. The minimum atomic E-state index is -0.434. The number of amides is 2. The van der Waals surface area contributed by atoms with E-state index in [9.17, 15) is 9.59 Å². The molecule has 1 aliphatic carbocycles. The molecule has 2 amide bonds. The number of anilines is 3. The second-order valence-corrected chi connectivity index (χ2v) is 10.9. The van der Waals surface area contributed by atoms with Crippen molar-refractivity contribution in [3.63, 3.8) is 0 Å². The van der Waals surface area contributed by atoms with Gasteiger partial charge in [0.15, 0.2) is 0 Å². The molecule has 3 rings (SSSR count). The third-order valence-electron chi connectivity index (χ3n) is 4.95. The fourth-order valence-electron chi connectivity index (χ4n) is 3.81. The summed E-state index contributed by atoms with van der Waals surface area (Å²) in [6.07, 6.45) is 3.90. The zero-order valence-corrected chi connectivity index (χ0v) is 21.1. The molecule has 0 bridgehead atoms. The first-order valence-corrected chi connectivity index (χ1v) is 12.9. The van der Waals surface area contributed by atoms with Crippen LogP contribution in [-0.2, 0) is 17.6 Å². The Morgan fingerprint density at radius 1 is 1.03 bits per heavy atom. The molecule has 176 valence electrons. The van der Waals surface area contributed by atoms with Crippen molar-refractivity contribution < 1.29 is 14.3 Å². The summed E-state index contributed by atoms with van der Waals surface area (Å²) >= 11 is 2.82. The smallest absolute Gasteiger partial charge is 0.341 e. The number of hydrogen-bond acceptors (Lipinski definition) is 8. The molecule has 0 aliphatic heterocycles. The summed E-state index contributed by atoms with van der Waals surface area (Å²) in [6, 6.07) is -0.434. The average molecular weight is 480 g/mol. The quantitative estimate of drug-likeness (QED) is 0.466. The molecule has 8 nitrogen and oxygen atoms in total. The molecular formula is C22H33N5O3S2. The zero-order chi connectivity index (χ0) is 23.3. The van der Waals surface area contributed by atoms with E-state index in [1.54, 1.807) is 6.92 Å². The van der Waals surface area contributed by atoms with Gasteiger partial charge in [-0.15, -0.1) is 21.5 Å². The number of carbonyl (C=O) groups is 2. The van der Waals surface area contributed by atoms with Crippen LogP contribution in [0.2, 0.25) is 0 Å². The van der Waals surface area contributed by atoms with E-state index in [4.69, 9.17) is 4.74 Å². The van der Waals surface area contributed by atoms with Crippen LogP contribution in [0.1, 0.15) is 68.3 Å². The lowest BCUT2D eigenvalue weighted by Crippen LogP contribution is -2.31. The van der Waals surface area contributed by atoms with Crippen LogP contribution in [0, 0.1) is 11.8 Å². The van der Waals surface area contributed by atoms with Gasteiger partial charge in [-0.25, -0.2) is 9.59 Å². The first kappa shape index (κ1) is 24.4. The first-order valence-electron chi connectivity index (χ1n) is 11.3. The summed E-state index contributed by atoms with van der Waals surface area (Å²) in [7, 11) is 0. The molecule has 10 heteroatoms. The highest BCUT2D eigenvalue weighted by molar-refractivity contribution is 7.19. The minimum absolute atomic E-state index is 0.298. The number of nitrogens with one attached hydrogen (secondary N) is 2. The summed E-state index contributed by atoms with van der Waals surface area (Å²) in [4.78, 5) is 28.7. The van der Waals surface area contributed by atoms with Crippen molar-refractivity contribution in [2.75, 3.05) is 35.2 Å². The van der Waals surface area contributed by atoms with E-state index in [2.05, 4.69) is 53.4 Å². The lowest BCUT2D eigenvalue weighted by Gasteiger charge is -2.25. The second kappa shape index (κ2) is 11.1. The summed E-state index contributed by atoms with van der Waals surface area (Å²) in [5.41, 5.74) is 1.52. The molecule has 0 saturated carbocycles. The number of fused-ring (bicyclic) bond motifs is 1. The van der Waals surface area contributed by atoms with Crippen LogP contribution < -0.4 is 15.5 Å². The van der Waals surface area contributed by atoms with Crippen LogP contribution >= 0.6 is 22.7 Å². The van der Waals surface area contributed by atoms with E-state index in [0.29, 0.717) is 34.1 Å². The maximum absolute atomic E-state index is 12.7. The Morgan fingerprint density at radius 2 is 1.72 bits per heavy atom. The van der Waals surface area contributed by atoms with Crippen molar-refractivity contribution in [3.05, 3.63) is 16.0 Å². The fraction of sp³-hybridized carbons (Fsp3) is 0.636. The van der Waals surface area contributed by atoms with E-state index >= 15 is 0 Å². The number of hydrogen-bond donors (Lipinski definition) is 2. The van der Waals surface area contributed by atoms with E-state index in [-0.39, 0.29) is 5.97 Å². The molecule has 2 heterocycles. The van der Waals surface area contributed by atoms with E-state index in [1.165, 1.54) is 22.7 Å². The number of carbonyl (C=O) groups excluding carboxylic acids is 2. The fourth-order valence-corrected chi connectivity index (χ4v) is 5.84. The summed E-state index contributed by atoms with van der Waals surface area (Å²) in [5, 5.41) is 15.8. The van der Waals surface area contributed by atoms with Gasteiger partial charge in [-0.1, -0.05) is 39.0 Å². The highest BCUT2D eigenvalue weighted by Crippen LogP contribution is 2.38. The highest BCUT2D eigenvalue weighted by Gasteiger charge is 2.27. The van der Waals surface area contributed by atoms with Crippen molar-refractivity contribution >= 4 is 49.9 Å². The Morgan fingerprint density at radius 3 is 2.38 bits per heavy atom.